The van der Waals surface area contributed by atoms with Crippen molar-refractivity contribution in [2.45, 2.75) is 89.7 Å². The molecule has 0 aromatic rings. The Hall–Kier alpha value is -0.530. The molecule has 102 valence electrons. The molecule has 17 heavy (non-hydrogen) atoms. The maximum absolute atomic E-state index is 11.3. The minimum absolute atomic E-state index is 2.75. The summed E-state index contributed by atoms with van der Waals surface area (Å²) in [5.41, 5.74) is 0. The molecule has 0 unspecified atom stereocenters. The Labute approximate surface area is 148 Å². The lowest BCUT2D eigenvalue weighted by molar-refractivity contribution is -0.137. The van der Waals surface area contributed by atoms with Gasteiger partial charge in [0.2, 0.25) is 0 Å². The summed E-state index contributed by atoms with van der Waals surface area (Å²) in [5.74, 6) is -2.75. The zero-order valence-electron chi connectivity index (χ0n) is 37.4. The smallest absolute Gasteiger partial charge is 0.303 e. The van der Waals surface area contributed by atoms with E-state index in [0.29, 0.717) is 0 Å². The molecule has 0 saturated heterocycles. The molecule has 0 spiro atoms. The van der Waals surface area contributed by atoms with Crippen LogP contribution in [0.1, 0.15) is 129 Å². The van der Waals surface area contributed by atoms with Crippen molar-refractivity contribution in [2.24, 2.45) is 0 Å². The third-order valence-corrected chi connectivity index (χ3v) is 0.857. The molecular formula is C15H30O2. The third-order valence-electron chi connectivity index (χ3n) is 0.857. The van der Waals surface area contributed by atoms with Gasteiger partial charge in [-0.15, -0.1) is 0 Å². The molecule has 0 fully saturated rings. The largest absolute Gasteiger partial charge is 0.481 e. The molecule has 0 aromatic carbocycles. The van der Waals surface area contributed by atoms with Gasteiger partial charge in [0.05, 0.1) is 0 Å². The van der Waals surface area contributed by atoms with Gasteiger partial charge in [0, 0.05) is 46.1 Å². The van der Waals surface area contributed by atoms with Gasteiger partial charge in [-0.2, -0.15) is 0 Å². The van der Waals surface area contributed by atoms with Gasteiger partial charge in [0.1, 0.15) is 0 Å². The summed E-state index contributed by atoms with van der Waals surface area (Å²) >= 11 is 0. The van der Waals surface area contributed by atoms with E-state index in [1.807, 2.05) is 0 Å². The van der Waals surface area contributed by atoms with E-state index in [2.05, 4.69) is 0 Å². The maximum atomic E-state index is 11.3. The Kier molecular flexibility index (Phi) is 1.59. The molecule has 0 aromatic heterocycles. The monoisotopic (exact) mass is 271 g/mol. The minimum Gasteiger partial charge on any atom is -0.481 e. The van der Waals surface area contributed by atoms with E-state index in [-0.39, 0.29) is 0 Å². The molecule has 0 aliphatic rings. The van der Waals surface area contributed by atoms with Crippen LogP contribution in [0, 0.1) is 0 Å². The van der Waals surface area contributed by atoms with Crippen LogP contribution in [0.5, 0.6) is 0 Å². The zero-order chi connectivity index (χ0) is 38.6. The lowest BCUT2D eigenvalue weighted by Gasteiger charge is -2.02. The number of rotatable bonds is 13. The number of hydrogen-bond donors (Lipinski definition) is 1. The second-order valence-electron chi connectivity index (χ2n) is 1.93. The summed E-state index contributed by atoms with van der Waals surface area (Å²) in [6, 6.07) is 0. The standard InChI is InChI=1S/C15H30O2/c1-2-3-4-5-6-7-8-9-10-11-12-13-14-15(16)17/h2-14H2,1H3,(H,16,17)/i1D3,2D2,3D2,4D2,5D2,6D2,7D2,8D2,9D2,10D2,11D2,12D2,13D2,14D2. The Morgan fingerprint density at radius 3 is 1.71 bits per heavy atom. The fourth-order valence-electron chi connectivity index (χ4n) is 0.397. The molecule has 0 rings (SSSR count). The summed E-state index contributed by atoms with van der Waals surface area (Å²) in [7, 11) is 0. The second kappa shape index (κ2) is 13.5. The van der Waals surface area contributed by atoms with Crippen LogP contribution in [0.15, 0.2) is 0 Å². The van der Waals surface area contributed by atoms with Crippen molar-refractivity contribution in [3.63, 3.8) is 0 Å². The van der Waals surface area contributed by atoms with Crippen LogP contribution >= 0.6 is 0 Å². The Balaban J connectivity index is 7.59. The first-order valence-electron chi connectivity index (χ1n) is 18.4. The first-order chi connectivity index (χ1) is 19.2. The van der Waals surface area contributed by atoms with Crippen molar-refractivity contribution in [1.82, 2.24) is 0 Å². The molecule has 0 radical (unpaired) electrons. The predicted octanol–water partition coefficient (Wildman–Crippen LogP) is 5.16. The molecule has 0 aliphatic carbocycles. The van der Waals surface area contributed by atoms with Gasteiger partial charge in [-0.1, -0.05) is 77.0 Å². The van der Waals surface area contributed by atoms with Gasteiger partial charge in [-0.25, -0.2) is 0 Å². The highest BCUT2D eigenvalue weighted by Gasteiger charge is 1.96. The lowest BCUT2D eigenvalue weighted by Crippen LogP contribution is -1.93. The predicted molar refractivity (Wildman–Crippen MR) is 73.3 cm³/mol. The van der Waals surface area contributed by atoms with Crippen LogP contribution < -0.4 is 0 Å². The van der Waals surface area contributed by atoms with E-state index in [4.69, 9.17) is 44.9 Å². The van der Waals surface area contributed by atoms with E-state index in [1.165, 1.54) is 0 Å². The minimum atomic E-state index is -5.06. The highest BCUT2D eigenvalue weighted by molar-refractivity contribution is 5.66. The Morgan fingerprint density at radius 2 is 1.29 bits per heavy atom. The molecule has 0 aliphatic heterocycles. The molecular weight excluding hydrogens is 212 g/mol. The van der Waals surface area contributed by atoms with E-state index in [9.17, 15) is 4.79 Å². The van der Waals surface area contributed by atoms with Crippen LogP contribution in [0.3, 0.4) is 0 Å². The number of hydrogen-bond acceptors (Lipinski definition) is 1. The number of carboxylic acids is 1. The summed E-state index contributed by atoms with van der Waals surface area (Å²) < 4.78 is 226. The zero-order valence-corrected chi connectivity index (χ0v) is 8.36. The van der Waals surface area contributed by atoms with E-state index >= 15 is 0 Å². The number of aliphatic carboxylic acids is 1. The van der Waals surface area contributed by atoms with E-state index in [1.54, 1.807) is 0 Å². The van der Waals surface area contributed by atoms with Crippen LogP contribution in [0.2, 0.25) is 0 Å². The summed E-state index contributed by atoms with van der Waals surface area (Å²) in [6.45, 7) is -4.08. The SMILES string of the molecule is [2H]C([2H])([2H])C([2H])([2H])C([2H])([2H])C([2H])([2H])C([2H])([2H])C([2H])([2H])C([2H])([2H])C([2H])([2H])C([2H])([2H])C([2H])([2H])C([2H])([2H])C([2H])([2H])C([2H])([2H])C([2H])([2H])C(=O)O. The van der Waals surface area contributed by atoms with Gasteiger partial charge >= 0.3 is 5.97 Å². The lowest BCUT2D eigenvalue weighted by atomic mass is 10.0. The fourth-order valence-corrected chi connectivity index (χ4v) is 0.397. The molecule has 0 bridgehead atoms. The number of carbonyl (C=O) groups is 1. The molecule has 2 nitrogen and oxygen atoms in total. The van der Waals surface area contributed by atoms with Crippen LogP contribution in [-0.4, -0.2) is 11.1 Å². The number of carboxylic acid groups (broad SMARTS) is 1. The van der Waals surface area contributed by atoms with Gasteiger partial charge < -0.3 is 5.11 Å². The normalized spacial score (nSPS) is 47.6. The van der Waals surface area contributed by atoms with Crippen molar-refractivity contribution in [3.8, 4) is 0 Å². The van der Waals surface area contributed by atoms with Gasteiger partial charge in [-0.3, -0.25) is 4.79 Å². The molecule has 0 amide bonds. The van der Waals surface area contributed by atoms with Crippen LogP contribution in [-0.2, 0) is 4.79 Å². The summed E-state index contributed by atoms with van der Waals surface area (Å²) in [6.07, 6.45) is -62.6. The average molecular weight is 272 g/mol. The first kappa shape index (κ1) is 1.99. The highest BCUT2D eigenvalue weighted by Crippen LogP contribution is 2.12. The molecule has 0 saturated carbocycles. The molecule has 2 heteroatoms. The quantitative estimate of drug-likeness (QED) is 0.502. The first-order valence-corrected chi connectivity index (χ1v) is 3.93. The average Bonchev–Trinajstić information content (AvgIpc) is 2.81. The van der Waals surface area contributed by atoms with Crippen molar-refractivity contribution in [3.05, 3.63) is 0 Å². The topological polar surface area (TPSA) is 37.3 Å². The third kappa shape index (κ3) is 15.5. The summed E-state index contributed by atoms with van der Waals surface area (Å²) in [4.78, 5) is 11.3. The van der Waals surface area contributed by atoms with E-state index < -0.39 is 95.7 Å². The van der Waals surface area contributed by atoms with Gasteiger partial charge in [0.25, 0.3) is 0 Å². The Bertz CT molecular complexity index is 1160. The van der Waals surface area contributed by atoms with Crippen molar-refractivity contribution in [1.29, 1.82) is 0 Å². The molecule has 0 heterocycles. The van der Waals surface area contributed by atoms with Gasteiger partial charge in [0.15, 0.2) is 0 Å². The van der Waals surface area contributed by atoms with Crippen LogP contribution in [0.4, 0.5) is 0 Å². The van der Waals surface area contributed by atoms with E-state index in [0.717, 1.165) is 0 Å². The highest BCUT2D eigenvalue weighted by atomic mass is 16.4. The Morgan fingerprint density at radius 1 is 0.882 bits per heavy atom. The van der Waals surface area contributed by atoms with Crippen molar-refractivity contribution >= 4 is 5.97 Å². The maximum Gasteiger partial charge on any atom is 0.303 e. The van der Waals surface area contributed by atoms with Crippen molar-refractivity contribution < 1.29 is 49.7 Å². The fraction of sp³-hybridized carbons (Fsp3) is 0.933. The molecule has 0 atom stereocenters. The second-order valence-corrected chi connectivity index (χ2v) is 1.93. The molecule has 1 N–H and O–H groups in total. The van der Waals surface area contributed by atoms with Gasteiger partial charge in [-0.05, 0) is 6.37 Å². The van der Waals surface area contributed by atoms with Crippen molar-refractivity contribution in [2.75, 3.05) is 0 Å². The summed E-state index contributed by atoms with van der Waals surface area (Å²) in [5, 5.41) is 9.02. The van der Waals surface area contributed by atoms with Crippen LogP contribution in [0.25, 0.3) is 0 Å².